The molecule has 0 amide bonds. The van der Waals surface area contributed by atoms with E-state index in [-0.39, 0.29) is 0 Å². The number of hydrogen-bond donors (Lipinski definition) is 1. The standard InChI is InChI=1S/C8H5F3N2SSe/c9-8(10,11)15-4-1-2-5-6(3-4)14-7(12)13-5/h1-3H,(H2,12,13). The van der Waals surface area contributed by atoms with Crippen LogP contribution in [0.1, 0.15) is 0 Å². The minimum atomic E-state index is -4.11. The number of hydrogen-bond acceptors (Lipinski definition) is 3. The zero-order valence-corrected chi connectivity index (χ0v) is 9.74. The third-order valence-electron chi connectivity index (χ3n) is 1.61. The topological polar surface area (TPSA) is 38.9 Å². The monoisotopic (exact) mass is 298 g/mol. The van der Waals surface area contributed by atoms with Crippen molar-refractivity contribution < 1.29 is 13.2 Å². The SMILES string of the molecule is Nc1nc2ccc([Se]C(F)(F)F)cc2s1. The number of nitrogens with zero attached hydrogens (tertiary/aromatic N) is 1. The van der Waals surface area contributed by atoms with Crippen LogP contribution in [0.4, 0.5) is 18.3 Å². The van der Waals surface area contributed by atoms with Gasteiger partial charge >= 0.3 is 93.3 Å². The molecule has 2 rings (SSSR count). The van der Waals surface area contributed by atoms with E-state index in [1.165, 1.54) is 23.5 Å². The first-order chi connectivity index (χ1) is 6.94. The third-order valence-corrected chi connectivity index (χ3v) is 3.97. The molecule has 0 unspecified atom stereocenters. The molecule has 1 aromatic carbocycles. The second-order valence-corrected chi connectivity index (χ2v) is 6.18. The average molecular weight is 297 g/mol. The quantitative estimate of drug-likeness (QED) is 0.814. The molecule has 0 fully saturated rings. The Morgan fingerprint density at radius 1 is 1.33 bits per heavy atom. The number of anilines is 1. The summed E-state index contributed by atoms with van der Waals surface area (Å²) in [7, 11) is 0. The van der Waals surface area contributed by atoms with E-state index in [0.717, 1.165) is 0 Å². The summed E-state index contributed by atoms with van der Waals surface area (Å²) in [5, 5.41) is -3.74. The normalized spacial score (nSPS) is 12.2. The van der Waals surface area contributed by atoms with E-state index >= 15 is 0 Å². The van der Waals surface area contributed by atoms with Crippen LogP contribution in [0.3, 0.4) is 0 Å². The maximum atomic E-state index is 12.1. The number of fused-ring (bicyclic) bond motifs is 1. The molecule has 0 bridgehead atoms. The summed E-state index contributed by atoms with van der Waals surface area (Å²) in [6.07, 6.45) is 0. The van der Waals surface area contributed by atoms with E-state index in [0.29, 0.717) is 19.8 Å². The molecule has 15 heavy (non-hydrogen) atoms. The first kappa shape index (κ1) is 10.7. The number of alkyl halides is 3. The Bertz CT molecular complexity index is 494. The van der Waals surface area contributed by atoms with Gasteiger partial charge in [0.25, 0.3) is 0 Å². The molecule has 0 aliphatic rings. The van der Waals surface area contributed by atoms with Crippen molar-refractivity contribution in [2.45, 2.75) is 5.07 Å². The van der Waals surface area contributed by atoms with E-state index in [1.807, 2.05) is 0 Å². The van der Waals surface area contributed by atoms with Gasteiger partial charge in [-0.1, -0.05) is 0 Å². The molecule has 1 heterocycles. The molecule has 2 aromatic rings. The van der Waals surface area contributed by atoms with Crippen molar-refractivity contribution in [2.75, 3.05) is 5.73 Å². The van der Waals surface area contributed by atoms with Crippen LogP contribution in [0.5, 0.6) is 0 Å². The maximum absolute atomic E-state index is 12.1. The summed E-state index contributed by atoms with van der Waals surface area (Å²) < 4.78 is 37.4. The van der Waals surface area contributed by atoms with Crippen LogP contribution < -0.4 is 10.2 Å². The van der Waals surface area contributed by atoms with Gasteiger partial charge in [-0.15, -0.1) is 0 Å². The zero-order chi connectivity index (χ0) is 11.1. The average Bonchev–Trinajstić information content (AvgIpc) is 2.40. The predicted octanol–water partition coefficient (Wildman–Crippen LogP) is 1.73. The van der Waals surface area contributed by atoms with Gasteiger partial charge < -0.3 is 0 Å². The van der Waals surface area contributed by atoms with E-state index in [2.05, 4.69) is 4.98 Å². The number of thiazole rings is 1. The second-order valence-electron chi connectivity index (χ2n) is 2.73. The molecule has 80 valence electrons. The van der Waals surface area contributed by atoms with Gasteiger partial charge in [-0.2, -0.15) is 0 Å². The van der Waals surface area contributed by atoms with Crippen molar-refractivity contribution >= 4 is 46.1 Å². The molecule has 0 spiro atoms. The number of nitrogens with two attached hydrogens (primary N) is 1. The molecule has 7 heteroatoms. The summed E-state index contributed by atoms with van der Waals surface area (Å²) in [6.45, 7) is 0. The van der Waals surface area contributed by atoms with E-state index in [4.69, 9.17) is 5.73 Å². The van der Waals surface area contributed by atoms with E-state index < -0.39 is 20.0 Å². The molecular formula is C8H5F3N2SSe. The molecule has 1 aromatic heterocycles. The molecule has 0 radical (unpaired) electrons. The van der Waals surface area contributed by atoms with Crippen molar-refractivity contribution in [2.24, 2.45) is 0 Å². The Labute approximate surface area is 93.5 Å². The number of benzene rings is 1. The molecule has 0 atom stereocenters. The Kier molecular flexibility index (Phi) is 2.62. The number of rotatable bonds is 1. The van der Waals surface area contributed by atoms with Crippen LogP contribution in [0.2, 0.25) is 0 Å². The number of nitrogen functional groups attached to an aromatic ring is 1. The van der Waals surface area contributed by atoms with Crippen LogP contribution in [-0.4, -0.2) is 25.0 Å². The molecule has 0 saturated heterocycles. The Morgan fingerprint density at radius 3 is 2.73 bits per heavy atom. The second kappa shape index (κ2) is 3.66. The van der Waals surface area contributed by atoms with Crippen LogP contribution in [0, 0.1) is 0 Å². The van der Waals surface area contributed by atoms with Gasteiger partial charge in [0, 0.05) is 0 Å². The van der Waals surface area contributed by atoms with Crippen molar-refractivity contribution in [3.05, 3.63) is 18.2 Å². The van der Waals surface area contributed by atoms with Crippen molar-refractivity contribution in [3.8, 4) is 0 Å². The van der Waals surface area contributed by atoms with Crippen LogP contribution in [0.25, 0.3) is 10.2 Å². The fourth-order valence-corrected chi connectivity index (χ4v) is 3.28. The fraction of sp³-hybridized carbons (Fsp3) is 0.125. The van der Waals surface area contributed by atoms with Crippen LogP contribution in [-0.2, 0) is 0 Å². The molecular weight excluding hydrogens is 292 g/mol. The van der Waals surface area contributed by atoms with Gasteiger partial charge in [0.15, 0.2) is 0 Å². The molecule has 2 N–H and O–H groups in total. The van der Waals surface area contributed by atoms with Crippen molar-refractivity contribution in [3.63, 3.8) is 0 Å². The first-order valence-corrected chi connectivity index (χ1v) is 6.39. The third kappa shape index (κ3) is 2.62. The first-order valence-electron chi connectivity index (χ1n) is 3.86. The summed E-state index contributed by atoms with van der Waals surface area (Å²) in [5.41, 5.74) is 6.11. The van der Waals surface area contributed by atoms with E-state index in [1.54, 1.807) is 6.07 Å². The molecule has 0 aliphatic carbocycles. The van der Waals surface area contributed by atoms with Crippen LogP contribution >= 0.6 is 11.3 Å². The van der Waals surface area contributed by atoms with Gasteiger partial charge in [0.1, 0.15) is 0 Å². The molecule has 2 nitrogen and oxygen atoms in total. The van der Waals surface area contributed by atoms with Crippen molar-refractivity contribution in [1.29, 1.82) is 0 Å². The van der Waals surface area contributed by atoms with Gasteiger partial charge in [-0.25, -0.2) is 0 Å². The summed E-state index contributed by atoms with van der Waals surface area (Å²) in [5.74, 6) is 0. The summed E-state index contributed by atoms with van der Waals surface area (Å²) >= 11 is -0.298. The summed E-state index contributed by atoms with van der Waals surface area (Å²) in [4.78, 5) is 3.97. The van der Waals surface area contributed by atoms with Crippen LogP contribution in [0.15, 0.2) is 18.2 Å². The molecule has 0 aliphatic heterocycles. The van der Waals surface area contributed by atoms with E-state index in [9.17, 15) is 13.2 Å². The van der Waals surface area contributed by atoms with Gasteiger partial charge in [0.2, 0.25) is 0 Å². The Hall–Kier alpha value is -0.781. The fourth-order valence-electron chi connectivity index (χ4n) is 1.12. The van der Waals surface area contributed by atoms with Gasteiger partial charge in [0.05, 0.1) is 0 Å². The van der Waals surface area contributed by atoms with Crippen molar-refractivity contribution in [1.82, 2.24) is 4.98 Å². The Balaban J connectivity index is 2.38. The van der Waals surface area contributed by atoms with Gasteiger partial charge in [-0.05, 0) is 0 Å². The number of aromatic nitrogens is 1. The minimum absolute atomic E-state index is 0.297. The summed E-state index contributed by atoms with van der Waals surface area (Å²) in [6, 6.07) is 4.54. The Morgan fingerprint density at radius 2 is 2.07 bits per heavy atom. The van der Waals surface area contributed by atoms with Gasteiger partial charge in [-0.3, -0.25) is 0 Å². The molecule has 0 saturated carbocycles. The zero-order valence-electron chi connectivity index (χ0n) is 7.21. The number of halogens is 3. The predicted molar refractivity (Wildman–Crippen MR) is 55.5 cm³/mol.